The zero-order valence-electron chi connectivity index (χ0n) is 9.77. The fourth-order valence-corrected chi connectivity index (χ4v) is 2.06. The van der Waals surface area contributed by atoms with Gasteiger partial charge in [-0.15, -0.1) is 17.9 Å². The van der Waals surface area contributed by atoms with Crippen LogP contribution in [0.2, 0.25) is 0 Å². The zero-order valence-corrected chi connectivity index (χ0v) is 10.6. The van der Waals surface area contributed by atoms with Gasteiger partial charge in [-0.3, -0.25) is 0 Å². The van der Waals surface area contributed by atoms with Crippen LogP contribution in [-0.4, -0.2) is 11.3 Å². The minimum Gasteiger partial charge on any atom is -0.302 e. The van der Waals surface area contributed by atoms with Crippen LogP contribution in [-0.2, 0) is 16.6 Å². The van der Waals surface area contributed by atoms with Gasteiger partial charge in [0.15, 0.2) is 0 Å². The van der Waals surface area contributed by atoms with Crippen LogP contribution >= 0.6 is 11.3 Å². The lowest BCUT2D eigenvalue weighted by molar-refractivity contribution is -0.111. The van der Waals surface area contributed by atoms with E-state index in [1.54, 1.807) is 11.3 Å². The quantitative estimate of drug-likeness (QED) is 0.559. The molecule has 0 saturated heterocycles. The highest BCUT2D eigenvalue weighted by Crippen LogP contribution is 2.24. The standard InChI is InChI=1S/C13H17NOS/c1-4-5-6-7-8-11-9-16-12(14-11)13(2,3)10-15/h4,6-7,9-10H,1,5,8H2,2-3H3/b7-6+. The number of carbonyl (C=O) groups excluding carboxylic acids is 1. The molecule has 1 heterocycles. The second-order valence-corrected chi connectivity index (χ2v) is 5.04. The molecule has 0 radical (unpaired) electrons. The summed E-state index contributed by atoms with van der Waals surface area (Å²) < 4.78 is 0. The third-order valence-electron chi connectivity index (χ3n) is 2.19. The fourth-order valence-electron chi connectivity index (χ4n) is 1.14. The van der Waals surface area contributed by atoms with Crippen LogP contribution in [0.15, 0.2) is 30.2 Å². The van der Waals surface area contributed by atoms with E-state index in [0.29, 0.717) is 0 Å². The van der Waals surface area contributed by atoms with Crippen molar-refractivity contribution in [2.24, 2.45) is 0 Å². The third-order valence-corrected chi connectivity index (χ3v) is 3.42. The summed E-state index contributed by atoms with van der Waals surface area (Å²) in [5.41, 5.74) is 0.559. The summed E-state index contributed by atoms with van der Waals surface area (Å²) in [5, 5.41) is 2.90. The van der Waals surface area contributed by atoms with Crippen LogP contribution in [0.4, 0.5) is 0 Å². The van der Waals surface area contributed by atoms with Crippen molar-refractivity contribution in [3.05, 3.63) is 40.9 Å². The second-order valence-electron chi connectivity index (χ2n) is 4.18. The van der Waals surface area contributed by atoms with Crippen LogP contribution in [0.3, 0.4) is 0 Å². The summed E-state index contributed by atoms with van der Waals surface area (Å²) in [6, 6.07) is 0. The lowest BCUT2D eigenvalue weighted by Gasteiger charge is -2.11. The van der Waals surface area contributed by atoms with E-state index in [-0.39, 0.29) is 0 Å². The number of allylic oxidation sites excluding steroid dienone is 3. The van der Waals surface area contributed by atoms with Crippen LogP contribution in [0, 0.1) is 0 Å². The maximum Gasteiger partial charge on any atom is 0.132 e. The number of thiazole rings is 1. The SMILES string of the molecule is C=CC/C=C/Cc1csc(C(C)(C)C=O)n1. The Kier molecular flexibility index (Phi) is 4.62. The monoisotopic (exact) mass is 235 g/mol. The van der Waals surface area contributed by atoms with Gasteiger partial charge < -0.3 is 4.79 Å². The summed E-state index contributed by atoms with van der Waals surface area (Å²) >= 11 is 1.55. The van der Waals surface area contributed by atoms with Crippen molar-refractivity contribution in [2.75, 3.05) is 0 Å². The third kappa shape index (κ3) is 3.42. The van der Waals surface area contributed by atoms with Crippen LogP contribution in [0.25, 0.3) is 0 Å². The molecule has 1 rings (SSSR count). The molecule has 0 aliphatic rings. The summed E-state index contributed by atoms with van der Waals surface area (Å²) in [4.78, 5) is 15.3. The van der Waals surface area contributed by atoms with E-state index < -0.39 is 5.41 Å². The molecule has 3 heteroatoms. The van der Waals surface area contributed by atoms with Crippen molar-refractivity contribution >= 4 is 17.6 Å². The van der Waals surface area contributed by atoms with E-state index in [9.17, 15) is 4.79 Å². The van der Waals surface area contributed by atoms with E-state index >= 15 is 0 Å². The molecule has 0 spiro atoms. The second kappa shape index (κ2) is 5.75. The van der Waals surface area contributed by atoms with Crippen molar-refractivity contribution in [2.45, 2.75) is 32.1 Å². The van der Waals surface area contributed by atoms with Gasteiger partial charge in [0.25, 0.3) is 0 Å². The fraction of sp³-hybridized carbons (Fsp3) is 0.385. The molecule has 0 amide bonds. The summed E-state index contributed by atoms with van der Waals surface area (Å²) in [5.74, 6) is 0. The van der Waals surface area contributed by atoms with E-state index in [4.69, 9.17) is 0 Å². The zero-order chi connectivity index (χ0) is 12.0. The normalized spacial score (nSPS) is 11.9. The van der Waals surface area contributed by atoms with E-state index in [1.807, 2.05) is 25.3 Å². The molecule has 0 N–H and O–H groups in total. The van der Waals surface area contributed by atoms with E-state index in [2.05, 4.69) is 23.7 Å². The number of rotatable bonds is 6. The van der Waals surface area contributed by atoms with Gasteiger partial charge in [0.1, 0.15) is 11.3 Å². The van der Waals surface area contributed by atoms with E-state index in [0.717, 1.165) is 29.8 Å². The number of hydrogen-bond acceptors (Lipinski definition) is 3. The van der Waals surface area contributed by atoms with Gasteiger partial charge in [-0.25, -0.2) is 4.98 Å². The molecule has 0 atom stereocenters. The number of aromatic nitrogens is 1. The summed E-state index contributed by atoms with van der Waals surface area (Å²) in [6.07, 6.45) is 8.66. The molecule has 0 unspecified atom stereocenters. The topological polar surface area (TPSA) is 30.0 Å². The minimum atomic E-state index is -0.465. The lowest BCUT2D eigenvalue weighted by Crippen LogP contribution is -2.18. The molecule has 0 fully saturated rings. The highest BCUT2D eigenvalue weighted by atomic mass is 32.1. The van der Waals surface area contributed by atoms with Gasteiger partial charge in [0.2, 0.25) is 0 Å². The van der Waals surface area contributed by atoms with Crippen molar-refractivity contribution in [3.63, 3.8) is 0 Å². The predicted octanol–water partition coefficient (Wildman–Crippen LogP) is 3.29. The molecular weight excluding hydrogens is 218 g/mol. The Morgan fingerprint density at radius 2 is 2.25 bits per heavy atom. The molecule has 16 heavy (non-hydrogen) atoms. The molecule has 86 valence electrons. The van der Waals surface area contributed by atoms with Crippen LogP contribution in [0.1, 0.15) is 31.0 Å². The molecule has 2 nitrogen and oxygen atoms in total. The van der Waals surface area contributed by atoms with Crippen LogP contribution in [0.5, 0.6) is 0 Å². The molecule has 1 aromatic heterocycles. The maximum atomic E-state index is 10.9. The Morgan fingerprint density at radius 1 is 1.50 bits per heavy atom. The molecule has 0 bridgehead atoms. The number of nitrogens with zero attached hydrogens (tertiary/aromatic N) is 1. The average molecular weight is 235 g/mol. The van der Waals surface area contributed by atoms with Gasteiger partial charge in [-0.2, -0.15) is 0 Å². The van der Waals surface area contributed by atoms with Gasteiger partial charge in [-0.1, -0.05) is 18.2 Å². The molecule has 0 aromatic carbocycles. The van der Waals surface area contributed by atoms with Crippen molar-refractivity contribution in [1.82, 2.24) is 4.98 Å². The first-order valence-electron chi connectivity index (χ1n) is 5.27. The predicted molar refractivity (Wildman–Crippen MR) is 68.9 cm³/mol. The van der Waals surface area contributed by atoms with Crippen molar-refractivity contribution in [3.8, 4) is 0 Å². The molecule has 0 aliphatic carbocycles. The smallest absolute Gasteiger partial charge is 0.132 e. The maximum absolute atomic E-state index is 10.9. The van der Waals surface area contributed by atoms with Gasteiger partial charge in [-0.05, 0) is 20.3 Å². The van der Waals surface area contributed by atoms with E-state index in [1.165, 1.54) is 0 Å². The average Bonchev–Trinajstić information content (AvgIpc) is 2.74. The van der Waals surface area contributed by atoms with Crippen LogP contribution < -0.4 is 0 Å². The highest BCUT2D eigenvalue weighted by molar-refractivity contribution is 7.10. The Morgan fingerprint density at radius 3 is 2.88 bits per heavy atom. The Balaban J connectivity index is 2.65. The number of carbonyl (C=O) groups is 1. The van der Waals surface area contributed by atoms with Gasteiger partial charge in [0, 0.05) is 11.8 Å². The number of hydrogen-bond donors (Lipinski definition) is 0. The summed E-state index contributed by atoms with van der Waals surface area (Å²) in [7, 11) is 0. The number of aldehydes is 1. The Hall–Kier alpha value is -1.22. The first-order valence-corrected chi connectivity index (χ1v) is 6.15. The molecule has 0 saturated carbocycles. The molecular formula is C13H17NOS. The Bertz CT molecular complexity index is 390. The minimum absolute atomic E-state index is 0.465. The first-order chi connectivity index (χ1) is 7.60. The van der Waals surface area contributed by atoms with Gasteiger partial charge >= 0.3 is 0 Å². The molecule has 0 aliphatic heterocycles. The first kappa shape index (κ1) is 12.8. The highest BCUT2D eigenvalue weighted by Gasteiger charge is 2.23. The summed E-state index contributed by atoms with van der Waals surface area (Å²) in [6.45, 7) is 7.42. The van der Waals surface area contributed by atoms with Crippen molar-refractivity contribution < 1.29 is 4.79 Å². The van der Waals surface area contributed by atoms with Gasteiger partial charge in [0.05, 0.1) is 11.1 Å². The Labute approximate surface area is 101 Å². The largest absolute Gasteiger partial charge is 0.302 e. The van der Waals surface area contributed by atoms with Crippen molar-refractivity contribution in [1.29, 1.82) is 0 Å². The lowest BCUT2D eigenvalue weighted by atomic mass is 9.97. The molecule has 1 aromatic rings.